The van der Waals surface area contributed by atoms with Gasteiger partial charge in [-0.15, -0.1) is 0 Å². The highest BCUT2D eigenvalue weighted by atomic mass is 79.9. The van der Waals surface area contributed by atoms with Gasteiger partial charge < -0.3 is 10.1 Å². The SMILES string of the molecule is CCCC(F)OC(=O)CCC(CNC(=O)c1c(Cl)c(-c2ccccc2)nc2ccc(Br)cc12)c1ccccc1Cl. The molecule has 4 aromatic rings. The minimum Gasteiger partial charge on any atom is -0.431 e. The molecular formula is C31H28BrCl2FN2O3. The summed E-state index contributed by atoms with van der Waals surface area (Å²) in [7, 11) is 0. The fraction of sp³-hybridized carbons (Fsp3) is 0.258. The normalized spacial score (nSPS) is 12.6. The second kappa shape index (κ2) is 14.1. The number of nitrogens with one attached hydrogen (secondary N) is 1. The van der Waals surface area contributed by atoms with Gasteiger partial charge in [0.15, 0.2) is 0 Å². The van der Waals surface area contributed by atoms with Crippen molar-refractivity contribution in [2.45, 2.75) is 44.9 Å². The monoisotopic (exact) mass is 644 g/mol. The van der Waals surface area contributed by atoms with Gasteiger partial charge in [-0.05, 0) is 42.7 Å². The van der Waals surface area contributed by atoms with Crippen LogP contribution in [0.4, 0.5) is 4.39 Å². The van der Waals surface area contributed by atoms with Crippen LogP contribution in [0.3, 0.4) is 0 Å². The number of esters is 1. The molecular weight excluding hydrogens is 618 g/mol. The molecule has 0 aliphatic rings. The Morgan fingerprint density at radius 3 is 2.48 bits per heavy atom. The topological polar surface area (TPSA) is 68.3 Å². The largest absolute Gasteiger partial charge is 0.431 e. The number of fused-ring (bicyclic) bond motifs is 1. The zero-order valence-electron chi connectivity index (χ0n) is 21.8. The zero-order chi connectivity index (χ0) is 28.6. The van der Waals surface area contributed by atoms with E-state index in [1.807, 2.05) is 67.6 Å². The van der Waals surface area contributed by atoms with E-state index in [9.17, 15) is 14.0 Å². The van der Waals surface area contributed by atoms with Crippen molar-refractivity contribution in [2.75, 3.05) is 6.54 Å². The van der Waals surface area contributed by atoms with E-state index in [0.717, 1.165) is 15.6 Å². The third-order valence-corrected chi connectivity index (χ3v) is 7.69. The molecule has 0 saturated carbocycles. The van der Waals surface area contributed by atoms with Crippen LogP contribution in [-0.4, -0.2) is 29.8 Å². The van der Waals surface area contributed by atoms with Crippen LogP contribution in [0.2, 0.25) is 10.0 Å². The fourth-order valence-electron chi connectivity index (χ4n) is 4.48. The van der Waals surface area contributed by atoms with Crippen LogP contribution in [0.1, 0.15) is 54.4 Å². The van der Waals surface area contributed by atoms with E-state index in [2.05, 4.69) is 21.2 Å². The number of amides is 1. The number of hydrogen-bond acceptors (Lipinski definition) is 4. The lowest BCUT2D eigenvalue weighted by molar-refractivity contribution is -0.158. The molecule has 0 bridgehead atoms. The first-order chi connectivity index (χ1) is 19.3. The van der Waals surface area contributed by atoms with E-state index in [1.54, 1.807) is 12.1 Å². The van der Waals surface area contributed by atoms with E-state index in [4.69, 9.17) is 32.9 Å². The maximum atomic E-state index is 13.8. The fourth-order valence-corrected chi connectivity index (χ4v) is 5.47. The van der Waals surface area contributed by atoms with Crippen molar-refractivity contribution >= 4 is 61.9 Å². The van der Waals surface area contributed by atoms with E-state index in [-0.39, 0.29) is 36.2 Å². The number of carbonyl (C=O) groups is 2. The number of nitrogens with zero attached hydrogens (tertiary/aromatic N) is 1. The highest BCUT2D eigenvalue weighted by molar-refractivity contribution is 9.10. The average molecular weight is 646 g/mol. The van der Waals surface area contributed by atoms with Crippen LogP contribution in [0.25, 0.3) is 22.2 Å². The van der Waals surface area contributed by atoms with Crippen molar-refractivity contribution in [3.05, 3.63) is 98.4 Å². The number of carbonyl (C=O) groups excluding carboxylic acids is 2. The van der Waals surface area contributed by atoms with Gasteiger partial charge in [-0.1, -0.05) is 94.6 Å². The van der Waals surface area contributed by atoms with E-state index < -0.39 is 12.3 Å². The second-order valence-corrected chi connectivity index (χ2v) is 11.0. The predicted octanol–water partition coefficient (Wildman–Crippen LogP) is 8.90. The summed E-state index contributed by atoms with van der Waals surface area (Å²) >= 11 is 16.8. The molecule has 40 heavy (non-hydrogen) atoms. The molecule has 3 aromatic carbocycles. The Balaban J connectivity index is 1.62. The molecule has 208 valence electrons. The molecule has 1 aromatic heterocycles. The van der Waals surface area contributed by atoms with Crippen LogP contribution < -0.4 is 5.32 Å². The highest BCUT2D eigenvalue weighted by Crippen LogP contribution is 2.35. The lowest BCUT2D eigenvalue weighted by Crippen LogP contribution is -2.29. The van der Waals surface area contributed by atoms with Crippen LogP contribution in [0.5, 0.6) is 0 Å². The maximum absolute atomic E-state index is 13.8. The van der Waals surface area contributed by atoms with Crippen molar-refractivity contribution in [3.8, 4) is 11.3 Å². The third-order valence-electron chi connectivity index (χ3n) is 6.49. The van der Waals surface area contributed by atoms with Crippen molar-refractivity contribution in [2.24, 2.45) is 0 Å². The molecule has 5 nitrogen and oxygen atoms in total. The van der Waals surface area contributed by atoms with Crippen molar-refractivity contribution in [1.82, 2.24) is 10.3 Å². The van der Waals surface area contributed by atoms with Gasteiger partial charge >= 0.3 is 5.97 Å². The minimum absolute atomic E-state index is 0.0278. The maximum Gasteiger partial charge on any atom is 0.308 e. The van der Waals surface area contributed by atoms with Crippen LogP contribution in [-0.2, 0) is 9.53 Å². The molecule has 0 radical (unpaired) electrons. The molecule has 4 rings (SSSR count). The number of pyridine rings is 1. The van der Waals surface area contributed by atoms with Crippen molar-refractivity contribution < 1.29 is 18.7 Å². The first-order valence-electron chi connectivity index (χ1n) is 13.0. The summed E-state index contributed by atoms with van der Waals surface area (Å²) in [4.78, 5) is 30.8. The van der Waals surface area contributed by atoms with Crippen LogP contribution in [0.15, 0.2) is 77.3 Å². The summed E-state index contributed by atoms with van der Waals surface area (Å²) in [5.74, 6) is -1.36. The summed E-state index contributed by atoms with van der Waals surface area (Å²) in [6, 6.07) is 22.2. The summed E-state index contributed by atoms with van der Waals surface area (Å²) < 4.78 is 19.5. The molecule has 0 fully saturated rings. The Bertz CT molecular complexity index is 1500. The third kappa shape index (κ3) is 7.39. The minimum atomic E-state index is -1.63. The molecule has 2 atom stereocenters. The van der Waals surface area contributed by atoms with Gasteiger partial charge in [-0.25, -0.2) is 9.37 Å². The van der Waals surface area contributed by atoms with Gasteiger partial charge in [0.2, 0.25) is 6.36 Å². The summed E-state index contributed by atoms with van der Waals surface area (Å²) in [6.45, 7) is 1.98. The molecule has 2 unspecified atom stereocenters. The standard InChI is InChI=1S/C31H28BrCl2FN2O3/c1-2-8-26(35)40-27(38)16-13-20(22-11-6-7-12-24(22)33)18-36-31(39)28-23-17-21(32)14-15-25(23)37-30(29(28)34)19-9-4-3-5-10-19/h3-7,9-12,14-15,17,20,26H,2,8,13,16,18H2,1H3,(H,36,39). The Hall–Kier alpha value is -3.00. The first kappa shape index (κ1) is 30.0. The van der Waals surface area contributed by atoms with Gasteiger partial charge in [0.05, 0.1) is 21.8 Å². The number of benzene rings is 3. The molecule has 0 aliphatic heterocycles. The molecule has 0 aliphatic carbocycles. The Kier molecular flexibility index (Phi) is 10.5. The van der Waals surface area contributed by atoms with Gasteiger partial charge in [-0.2, -0.15) is 0 Å². The number of rotatable bonds is 11. The van der Waals surface area contributed by atoms with Crippen LogP contribution >= 0.6 is 39.1 Å². The van der Waals surface area contributed by atoms with Gasteiger partial charge in [-0.3, -0.25) is 9.59 Å². The van der Waals surface area contributed by atoms with Gasteiger partial charge in [0.25, 0.3) is 5.91 Å². The number of alkyl halides is 1. The predicted molar refractivity (Wildman–Crippen MR) is 162 cm³/mol. The molecule has 1 heterocycles. The molecule has 0 spiro atoms. The number of aromatic nitrogens is 1. The lowest BCUT2D eigenvalue weighted by Gasteiger charge is -2.20. The number of hydrogen-bond donors (Lipinski definition) is 1. The second-order valence-electron chi connectivity index (χ2n) is 9.33. The summed E-state index contributed by atoms with van der Waals surface area (Å²) in [5, 5.41) is 4.33. The highest BCUT2D eigenvalue weighted by Gasteiger charge is 2.24. The van der Waals surface area contributed by atoms with Crippen LogP contribution in [0, 0.1) is 0 Å². The van der Waals surface area contributed by atoms with Gasteiger partial charge in [0.1, 0.15) is 0 Å². The molecule has 9 heteroatoms. The van der Waals surface area contributed by atoms with E-state index >= 15 is 0 Å². The molecule has 1 N–H and O–H groups in total. The Morgan fingerprint density at radius 1 is 1.02 bits per heavy atom. The quantitative estimate of drug-likeness (QED) is 0.165. The van der Waals surface area contributed by atoms with E-state index in [0.29, 0.717) is 40.0 Å². The Labute approximate surface area is 251 Å². The van der Waals surface area contributed by atoms with Gasteiger partial charge in [0, 0.05) is 45.7 Å². The first-order valence-corrected chi connectivity index (χ1v) is 14.5. The Morgan fingerprint density at radius 2 is 1.75 bits per heavy atom. The van der Waals surface area contributed by atoms with E-state index in [1.165, 1.54) is 0 Å². The zero-order valence-corrected chi connectivity index (χ0v) is 24.9. The van der Waals surface area contributed by atoms with Crippen molar-refractivity contribution in [1.29, 1.82) is 0 Å². The van der Waals surface area contributed by atoms with Crippen molar-refractivity contribution in [3.63, 3.8) is 0 Å². The molecule has 0 saturated heterocycles. The number of halogens is 4. The summed E-state index contributed by atoms with van der Waals surface area (Å²) in [5.41, 5.74) is 2.97. The average Bonchev–Trinajstić information content (AvgIpc) is 2.94. The number of ether oxygens (including phenoxy) is 1. The smallest absolute Gasteiger partial charge is 0.308 e. The summed E-state index contributed by atoms with van der Waals surface area (Å²) in [6.07, 6.45) is -0.640. The molecule has 1 amide bonds. The lowest BCUT2D eigenvalue weighted by atomic mass is 9.93.